The van der Waals surface area contributed by atoms with Crippen molar-refractivity contribution in [3.8, 4) is 0 Å². The Morgan fingerprint density at radius 1 is 1.32 bits per heavy atom. The highest BCUT2D eigenvalue weighted by Gasteiger charge is 2.07. The molecule has 0 spiro atoms. The molecular weight excluding hydrogens is 278 g/mol. The van der Waals surface area contributed by atoms with Crippen LogP contribution < -0.4 is 5.32 Å². The van der Waals surface area contributed by atoms with Gasteiger partial charge >= 0.3 is 0 Å². The van der Waals surface area contributed by atoms with Crippen molar-refractivity contribution >= 4 is 23.4 Å². The predicted molar refractivity (Wildman–Crippen MR) is 79.7 cm³/mol. The minimum Gasteiger partial charge on any atom is -0.310 e. The number of aromatic nitrogens is 2. The first-order valence-electron chi connectivity index (χ1n) is 6.18. The predicted octanol–water partition coefficient (Wildman–Crippen LogP) is 3.95. The molecule has 0 aliphatic heterocycles. The van der Waals surface area contributed by atoms with Crippen molar-refractivity contribution in [1.29, 1.82) is 0 Å². The largest absolute Gasteiger partial charge is 0.310 e. The summed E-state index contributed by atoms with van der Waals surface area (Å²) in [5.74, 6) is 0. The first-order chi connectivity index (χ1) is 9.20. The zero-order valence-corrected chi connectivity index (χ0v) is 12.5. The van der Waals surface area contributed by atoms with Crippen LogP contribution in [-0.4, -0.2) is 16.5 Å². The third kappa shape index (κ3) is 3.93. The lowest BCUT2D eigenvalue weighted by Gasteiger charge is -2.12. The van der Waals surface area contributed by atoms with Crippen molar-refractivity contribution in [2.75, 3.05) is 6.54 Å². The first-order valence-corrected chi connectivity index (χ1v) is 7.38. The van der Waals surface area contributed by atoms with E-state index in [1.807, 2.05) is 24.4 Å². The van der Waals surface area contributed by atoms with Crippen molar-refractivity contribution in [3.05, 3.63) is 47.2 Å². The Morgan fingerprint density at radius 2 is 2.16 bits per heavy atom. The second kappa shape index (κ2) is 6.89. The molecule has 0 saturated heterocycles. The normalized spacial score (nSPS) is 12.4. The van der Waals surface area contributed by atoms with Gasteiger partial charge in [-0.05, 0) is 49.0 Å². The maximum absolute atomic E-state index is 6.08. The molecular formula is C14H16ClN3S. The molecule has 0 bridgehead atoms. The minimum absolute atomic E-state index is 0.315. The second-order valence-corrected chi connectivity index (χ2v) is 5.52. The summed E-state index contributed by atoms with van der Waals surface area (Å²) in [6.07, 6.45) is 3.63. The van der Waals surface area contributed by atoms with Crippen molar-refractivity contribution < 1.29 is 0 Å². The van der Waals surface area contributed by atoms with Crippen LogP contribution in [0.25, 0.3) is 0 Å². The quantitative estimate of drug-likeness (QED) is 0.906. The van der Waals surface area contributed by atoms with E-state index in [9.17, 15) is 0 Å². The number of hydrogen-bond acceptors (Lipinski definition) is 4. The molecule has 1 N–H and O–H groups in total. The van der Waals surface area contributed by atoms with Crippen LogP contribution in [0.3, 0.4) is 0 Å². The van der Waals surface area contributed by atoms with E-state index in [0.29, 0.717) is 11.1 Å². The Balaban J connectivity index is 2.09. The van der Waals surface area contributed by atoms with Gasteiger partial charge < -0.3 is 5.32 Å². The van der Waals surface area contributed by atoms with Gasteiger partial charge in [0.1, 0.15) is 10.1 Å². The Labute approximate surface area is 122 Å². The van der Waals surface area contributed by atoms with Crippen molar-refractivity contribution in [2.45, 2.75) is 29.9 Å². The van der Waals surface area contributed by atoms with Crippen LogP contribution in [0, 0.1) is 0 Å². The molecule has 0 saturated carbocycles. The molecule has 0 radical (unpaired) electrons. The Hall–Kier alpha value is -1.10. The fourth-order valence-electron chi connectivity index (χ4n) is 1.68. The molecule has 2 rings (SSSR count). The van der Waals surface area contributed by atoms with Gasteiger partial charge in [0.15, 0.2) is 0 Å². The van der Waals surface area contributed by atoms with E-state index in [1.165, 1.54) is 17.3 Å². The van der Waals surface area contributed by atoms with E-state index in [1.54, 1.807) is 6.20 Å². The van der Waals surface area contributed by atoms with Crippen LogP contribution in [-0.2, 0) is 0 Å². The van der Waals surface area contributed by atoms with Crippen LogP contribution in [0.1, 0.15) is 25.5 Å². The van der Waals surface area contributed by atoms with E-state index >= 15 is 0 Å². The molecule has 1 unspecified atom stereocenters. The second-order valence-electron chi connectivity index (χ2n) is 4.10. The maximum Gasteiger partial charge on any atom is 0.121 e. The van der Waals surface area contributed by atoms with E-state index in [-0.39, 0.29) is 0 Å². The molecule has 0 aromatic carbocycles. The third-order valence-corrected chi connectivity index (χ3v) is 4.08. The highest BCUT2D eigenvalue weighted by atomic mass is 35.5. The zero-order chi connectivity index (χ0) is 13.7. The topological polar surface area (TPSA) is 37.8 Å². The van der Waals surface area contributed by atoms with Gasteiger partial charge in [-0.25, -0.2) is 9.97 Å². The molecule has 2 heterocycles. The molecule has 1 atom stereocenters. The molecule has 0 amide bonds. The average molecular weight is 294 g/mol. The number of rotatable bonds is 5. The SMILES string of the molecule is CCNC(C)c1ccc(Sc2ncccc2Cl)nc1. The fourth-order valence-corrected chi connectivity index (χ4v) is 2.63. The standard InChI is InChI=1S/C14H16ClN3S/c1-3-16-10(2)11-6-7-13(18-9-11)19-14-12(15)5-4-8-17-14/h4-10,16H,3H2,1-2H3. The van der Waals surface area contributed by atoms with Crippen molar-refractivity contribution in [3.63, 3.8) is 0 Å². The van der Waals surface area contributed by atoms with E-state index in [0.717, 1.165) is 16.6 Å². The number of halogens is 1. The number of hydrogen-bond donors (Lipinski definition) is 1. The smallest absolute Gasteiger partial charge is 0.121 e. The van der Waals surface area contributed by atoms with Crippen LogP contribution >= 0.6 is 23.4 Å². The molecule has 2 aromatic heterocycles. The van der Waals surface area contributed by atoms with Crippen molar-refractivity contribution in [1.82, 2.24) is 15.3 Å². The monoisotopic (exact) mass is 293 g/mol. The van der Waals surface area contributed by atoms with Crippen LogP contribution in [0.5, 0.6) is 0 Å². The van der Waals surface area contributed by atoms with Gasteiger partial charge in [-0.3, -0.25) is 0 Å². The summed E-state index contributed by atoms with van der Waals surface area (Å²) >= 11 is 7.55. The summed E-state index contributed by atoms with van der Waals surface area (Å²) in [7, 11) is 0. The van der Waals surface area contributed by atoms with E-state index in [4.69, 9.17) is 11.6 Å². The lowest BCUT2D eigenvalue weighted by Crippen LogP contribution is -2.17. The zero-order valence-electron chi connectivity index (χ0n) is 10.9. The molecule has 0 aliphatic carbocycles. The Kier molecular flexibility index (Phi) is 5.19. The lowest BCUT2D eigenvalue weighted by atomic mass is 10.1. The van der Waals surface area contributed by atoms with E-state index < -0.39 is 0 Å². The molecule has 3 nitrogen and oxygen atoms in total. The minimum atomic E-state index is 0.315. The van der Waals surface area contributed by atoms with Crippen molar-refractivity contribution in [2.24, 2.45) is 0 Å². The summed E-state index contributed by atoms with van der Waals surface area (Å²) in [6.45, 7) is 5.17. The molecule has 5 heteroatoms. The summed E-state index contributed by atoms with van der Waals surface area (Å²) in [5, 5.41) is 5.69. The molecule has 0 fully saturated rings. The van der Waals surface area contributed by atoms with Crippen LogP contribution in [0.4, 0.5) is 0 Å². The van der Waals surface area contributed by atoms with Crippen LogP contribution in [0.15, 0.2) is 46.7 Å². The number of nitrogens with zero attached hydrogens (tertiary/aromatic N) is 2. The summed E-state index contributed by atoms with van der Waals surface area (Å²) in [5.41, 5.74) is 1.18. The summed E-state index contributed by atoms with van der Waals surface area (Å²) < 4.78 is 0. The lowest BCUT2D eigenvalue weighted by molar-refractivity contribution is 0.595. The Morgan fingerprint density at radius 3 is 2.79 bits per heavy atom. The van der Waals surface area contributed by atoms with Crippen LogP contribution in [0.2, 0.25) is 5.02 Å². The van der Waals surface area contributed by atoms with Gasteiger partial charge in [0.25, 0.3) is 0 Å². The van der Waals surface area contributed by atoms with Gasteiger partial charge in [-0.2, -0.15) is 0 Å². The maximum atomic E-state index is 6.08. The highest BCUT2D eigenvalue weighted by molar-refractivity contribution is 7.99. The Bertz CT molecular complexity index is 530. The third-order valence-electron chi connectivity index (χ3n) is 2.70. The first kappa shape index (κ1) is 14.3. The van der Waals surface area contributed by atoms with Gasteiger partial charge in [0.2, 0.25) is 0 Å². The summed E-state index contributed by atoms with van der Waals surface area (Å²) in [4.78, 5) is 8.68. The van der Waals surface area contributed by atoms with E-state index in [2.05, 4.69) is 35.2 Å². The fraction of sp³-hybridized carbons (Fsp3) is 0.286. The van der Waals surface area contributed by atoms with Gasteiger partial charge in [0, 0.05) is 18.4 Å². The molecule has 19 heavy (non-hydrogen) atoms. The number of nitrogens with one attached hydrogen (secondary N) is 1. The average Bonchev–Trinajstić information content (AvgIpc) is 2.42. The molecule has 0 aliphatic rings. The molecule has 100 valence electrons. The van der Waals surface area contributed by atoms with Gasteiger partial charge in [-0.15, -0.1) is 0 Å². The van der Waals surface area contributed by atoms with Gasteiger partial charge in [0.05, 0.1) is 5.02 Å². The number of pyridine rings is 2. The highest BCUT2D eigenvalue weighted by Crippen LogP contribution is 2.30. The molecule has 2 aromatic rings. The van der Waals surface area contributed by atoms with Gasteiger partial charge in [-0.1, -0.05) is 24.6 Å². The summed E-state index contributed by atoms with van der Waals surface area (Å²) in [6, 6.07) is 8.05.